The van der Waals surface area contributed by atoms with E-state index in [4.69, 9.17) is 19.3 Å². The molecule has 1 saturated heterocycles. The van der Waals surface area contributed by atoms with Crippen molar-refractivity contribution in [2.45, 2.75) is 50.3 Å². The fourth-order valence-electron chi connectivity index (χ4n) is 3.26. The fraction of sp³-hybridized carbons (Fsp3) is 0.409. The molecule has 0 aromatic heterocycles. The molecule has 156 valence electrons. The quantitative estimate of drug-likeness (QED) is 0.681. The summed E-state index contributed by atoms with van der Waals surface area (Å²) in [5, 5.41) is 8.90. The third-order valence-corrected chi connectivity index (χ3v) is 4.79. The maximum Gasteiger partial charge on any atom is 0.377 e. The lowest BCUT2D eigenvalue weighted by atomic mass is 9.97. The van der Waals surface area contributed by atoms with Gasteiger partial charge in [0.05, 0.1) is 32.0 Å². The molecule has 5 nitrogen and oxygen atoms in total. The average Bonchev–Trinajstić information content (AvgIpc) is 2.73. The third-order valence-electron chi connectivity index (χ3n) is 4.79. The second kappa shape index (κ2) is 9.91. The first-order chi connectivity index (χ1) is 13.9. The normalized spacial score (nSPS) is 22.3. The number of rotatable bonds is 9. The summed E-state index contributed by atoms with van der Waals surface area (Å²) in [6.07, 6.45) is -2.83. The van der Waals surface area contributed by atoms with Crippen LogP contribution in [0.2, 0.25) is 0 Å². The van der Waals surface area contributed by atoms with Crippen LogP contribution in [0.4, 0.5) is 8.78 Å². The van der Waals surface area contributed by atoms with E-state index in [0.29, 0.717) is 13.0 Å². The van der Waals surface area contributed by atoms with Crippen molar-refractivity contribution in [2.24, 2.45) is 0 Å². The molecule has 2 aromatic carbocycles. The summed E-state index contributed by atoms with van der Waals surface area (Å²) in [7, 11) is 0. The van der Waals surface area contributed by atoms with E-state index in [2.05, 4.69) is 0 Å². The second-order valence-electron chi connectivity index (χ2n) is 7.07. The van der Waals surface area contributed by atoms with Crippen LogP contribution in [0.1, 0.15) is 24.0 Å². The van der Waals surface area contributed by atoms with Gasteiger partial charge in [-0.3, -0.25) is 0 Å². The molecule has 29 heavy (non-hydrogen) atoms. The predicted octanol–water partition coefficient (Wildman–Crippen LogP) is 4.06. The Kier molecular flexibility index (Phi) is 7.30. The average molecular weight is 406 g/mol. The van der Waals surface area contributed by atoms with Crippen molar-refractivity contribution in [3.8, 4) is 0 Å². The lowest BCUT2D eigenvalue weighted by Crippen LogP contribution is -2.51. The van der Waals surface area contributed by atoms with Crippen molar-refractivity contribution in [3.05, 3.63) is 71.8 Å². The zero-order valence-corrected chi connectivity index (χ0v) is 15.9. The summed E-state index contributed by atoms with van der Waals surface area (Å²) in [5.41, 5.74) is 1.87. The minimum Gasteiger partial charge on any atom is -0.477 e. The summed E-state index contributed by atoms with van der Waals surface area (Å²) in [5.74, 6) is -6.19. The van der Waals surface area contributed by atoms with E-state index in [-0.39, 0.29) is 19.6 Å². The zero-order chi connectivity index (χ0) is 20.7. The number of carboxylic acids is 1. The van der Waals surface area contributed by atoms with Gasteiger partial charge in [0.25, 0.3) is 0 Å². The van der Waals surface area contributed by atoms with E-state index in [0.717, 1.165) is 11.1 Å². The molecule has 0 bridgehead atoms. The van der Waals surface area contributed by atoms with Gasteiger partial charge in [-0.1, -0.05) is 60.7 Å². The van der Waals surface area contributed by atoms with Crippen molar-refractivity contribution >= 4 is 5.97 Å². The van der Waals surface area contributed by atoms with E-state index in [9.17, 15) is 13.6 Å². The van der Waals surface area contributed by atoms with E-state index >= 15 is 0 Å². The molecule has 1 heterocycles. The minimum absolute atomic E-state index is 0.0757. The van der Waals surface area contributed by atoms with Crippen molar-refractivity contribution in [1.82, 2.24) is 0 Å². The first kappa shape index (κ1) is 21.4. The summed E-state index contributed by atoms with van der Waals surface area (Å²) < 4.78 is 45.0. The Bertz CT molecular complexity index is 769. The number of carboxylic acid groups (broad SMARTS) is 1. The number of benzene rings is 2. The number of hydrogen-bond acceptors (Lipinski definition) is 4. The van der Waals surface area contributed by atoms with Crippen molar-refractivity contribution < 1.29 is 32.9 Å². The molecule has 1 aliphatic heterocycles. The van der Waals surface area contributed by atoms with Gasteiger partial charge in [-0.05, 0) is 11.1 Å². The number of hydrogen-bond donors (Lipinski definition) is 1. The molecule has 1 fully saturated rings. The molecule has 0 spiro atoms. The lowest BCUT2D eigenvalue weighted by Gasteiger charge is -2.37. The Morgan fingerprint density at radius 2 is 1.59 bits per heavy atom. The molecule has 1 aliphatic rings. The molecule has 2 aromatic rings. The minimum atomic E-state index is -3.99. The number of ether oxygens (including phenoxy) is 3. The van der Waals surface area contributed by atoms with Gasteiger partial charge in [-0.2, -0.15) is 8.78 Å². The molecule has 7 heteroatoms. The highest BCUT2D eigenvalue weighted by Gasteiger charge is 2.52. The Balaban J connectivity index is 1.60. The molecule has 0 amide bonds. The van der Waals surface area contributed by atoms with E-state index in [1.165, 1.54) is 0 Å². The first-order valence-corrected chi connectivity index (χ1v) is 9.49. The van der Waals surface area contributed by atoms with E-state index in [1.807, 2.05) is 60.7 Å². The molecule has 3 atom stereocenters. The van der Waals surface area contributed by atoms with Gasteiger partial charge in [0.15, 0.2) is 0 Å². The number of alkyl halides is 2. The van der Waals surface area contributed by atoms with Crippen LogP contribution in [-0.4, -0.2) is 41.9 Å². The van der Waals surface area contributed by atoms with Gasteiger partial charge in [0.2, 0.25) is 0 Å². The van der Waals surface area contributed by atoms with Crippen LogP contribution < -0.4 is 0 Å². The van der Waals surface area contributed by atoms with Crippen LogP contribution in [0.5, 0.6) is 0 Å². The Labute approximate surface area is 168 Å². The molecular weight excluding hydrogens is 382 g/mol. The molecule has 0 saturated carbocycles. The van der Waals surface area contributed by atoms with Crippen LogP contribution in [0.25, 0.3) is 0 Å². The van der Waals surface area contributed by atoms with Gasteiger partial charge in [0.1, 0.15) is 6.10 Å². The molecule has 1 N–H and O–H groups in total. The van der Waals surface area contributed by atoms with E-state index in [1.54, 1.807) is 0 Å². The van der Waals surface area contributed by atoms with Crippen molar-refractivity contribution in [3.63, 3.8) is 0 Å². The summed E-state index contributed by atoms with van der Waals surface area (Å²) in [6, 6.07) is 18.8. The first-order valence-electron chi connectivity index (χ1n) is 9.49. The smallest absolute Gasteiger partial charge is 0.377 e. The predicted molar refractivity (Wildman–Crippen MR) is 102 cm³/mol. The zero-order valence-electron chi connectivity index (χ0n) is 15.9. The van der Waals surface area contributed by atoms with Gasteiger partial charge in [-0.15, -0.1) is 0 Å². The standard InChI is InChI=1S/C22H24F2O5/c23-22(24,21(25)26)20-12-18(28-14-17-9-5-2-6-10-17)11-19(29-20)15-27-13-16-7-3-1-4-8-16/h1-10,18-20H,11-15H2,(H,25,26). The lowest BCUT2D eigenvalue weighted by molar-refractivity contribution is -0.224. The monoisotopic (exact) mass is 406 g/mol. The number of carbonyl (C=O) groups is 1. The van der Waals surface area contributed by atoms with Gasteiger partial charge < -0.3 is 19.3 Å². The number of halogens is 2. The second-order valence-corrected chi connectivity index (χ2v) is 7.07. The largest absolute Gasteiger partial charge is 0.477 e. The van der Waals surface area contributed by atoms with Gasteiger partial charge >= 0.3 is 11.9 Å². The Morgan fingerprint density at radius 3 is 2.17 bits per heavy atom. The Morgan fingerprint density at radius 1 is 1.00 bits per heavy atom. The van der Waals surface area contributed by atoms with Crippen LogP contribution in [0.15, 0.2) is 60.7 Å². The molecule has 0 radical (unpaired) electrons. The van der Waals surface area contributed by atoms with Gasteiger partial charge in [0, 0.05) is 12.8 Å². The highest BCUT2D eigenvalue weighted by molar-refractivity contribution is 5.76. The summed E-state index contributed by atoms with van der Waals surface area (Å²) in [4.78, 5) is 11.0. The highest BCUT2D eigenvalue weighted by Crippen LogP contribution is 2.33. The van der Waals surface area contributed by atoms with Crippen molar-refractivity contribution in [2.75, 3.05) is 6.61 Å². The van der Waals surface area contributed by atoms with Crippen LogP contribution >= 0.6 is 0 Å². The highest BCUT2D eigenvalue weighted by atomic mass is 19.3. The third kappa shape index (κ3) is 6.06. The molecule has 0 aliphatic carbocycles. The maximum atomic E-state index is 14.1. The van der Waals surface area contributed by atoms with E-state index < -0.39 is 30.2 Å². The molecule has 3 unspecified atom stereocenters. The molecular formula is C22H24F2O5. The fourth-order valence-corrected chi connectivity index (χ4v) is 3.26. The Hall–Kier alpha value is -2.35. The maximum absolute atomic E-state index is 14.1. The number of aliphatic carboxylic acids is 1. The molecule has 3 rings (SSSR count). The summed E-state index contributed by atoms with van der Waals surface area (Å²) in [6.45, 7) is 0.650. The summed E-state index contributed by atoms with van der Waals surface area (Å²) >= 11 is 0. The van der Waals surface area contributed by atoms with Gasteiger partial charge in [-0.25, -0.2) is 4.79 Å². The SMILES string of the molecule is O=C(O)C(F)(F)C1CC(OCc2ccccc2)CC(COCc2ccccc2)O1. The van der Waals surface area contributed by atoms with Crippen LogP contribution in [0.3, 0.4) is 0 Å². The topological polar surface area (TPSA) is 65.0 Å². The van der Waals surface area contributed by atoms with Crippen LogP contribution in [0, 0.1) is 0 Å². The van der Waals surface area contributed by atoms with Crippen molar-refractivity contribution in [1.29, 1.82) is 0 Å². The van der Waals surface area contributed by atoms with Crippen LogP contribution in [-0.2, 0) is 32.2 Å².